The molecule has 0 spiro atoms. The van der Waals surface area contributed by atoms with Crippen molar-refractivity contribution in [2.24, 2.45) is 0 Å². The summed E-state index contributed by atoms with van der Waals surface area (Å²) >= 11 is 6.14. The number of piperazine rings is 1. The topological polar surface area (TPSA) is 96.1 Å². The van der Waals surface area contributed by atoms with Gasteiger partial charge in [-0.05, 0) is 35.9 Å². The Morgan fingerprint density at radius 2 is 1.82 bits per heavy atom. The second-order valence-corrected chi connectivity index (χ2v) is 8.78. The number of hydrogen-bond donors (Lipinski definition) is 2. The average Bonchev–Trinajstić information content (AvgIpc) is 3.44. The van der Waals surface area contributed by atoms with Gasteiger partial charge in [0, 0.05) is 48.6 Å². The minimum atomic E-state index is -0.556. The minimum absolute atomic E-state index is 0.196. The van der Waals surface area contributed by atoms with Crippen molar-refractivity contribution in [2.45, 2.75) is 6.54 Å². The van der Waals surface area contributed by atoms with Crippen LogP contribution in [0.2, 0.25) is 5.02 Å². The zero-order chi connectivity index (χ0) is 23.7. The fourth-order valence-electron chi connectivity index (χ4n) is 4.33. The summed E-state index contributed by atoms with van der Waals surface area (Å²) in [6, 6.07) is 11.2. The van der Waals surface area contributed by atoms with Gasteiger partial charge in [-0.25, -0.2) is 4.79 Å². The summed E-state index contributed by atoms with van der Waals surface area (Å²) < 4.78 is 15.7. The number of methoxy groups -OCH3 is 1. The van der Waals surface area contributed by atoms with Gasteiger partial charge < -0.3 is 24.5 Å². The summed E-state index contributed by atoms with van der Waals surface area (Å²) in [6.07, 6.45) is 0. The van der Waals surface area contributed by atoms with Gasteiger partial charge >= 0.3 is 5.97 Å². The van der Waals surface area contributed by atoms with Gasteiger partial charge in [0.05, 0.1) is 19.3 Å². The lowest BCUT2D eigenvalue weighted by Crippen LogP contribution is -2.48. The molecule has 0 unspecified atom stereocenters. The summed E-state index contributed by atoms with van der Waals surface area (Å²) in [6.45, 7) is 4.53. The Morgan fingerprint density at radius 3 is 2.62 bits per heavy atom. The monoisotopic (exact) mass is 484 g/mol. The third-order valence-corrected chi connectivity index (χ3v) is 6.32. The molecule has 0 radical (unpaired) electrons. The second-order valence-electron chi connectivity index (χ2n) is 8.34. The van der Waals surface area contributed by atoms with E-state index in [0.717, 1.165) is 44.2 Å². The number of aromatic amines is 1. The lowest BCUT2D eigenvalue weighted by Gasteiger charge is -2.34. The minimum Gasteiger partial charge on any atom is -0.464 e. The van der Waals surface area contributed by atoms with Gasteiger partial charge in [0.1, 0.15) is 5.69 Å². The van der Waals surface area contributed by atoms with Crippen molar-refractivity contribution in [3.63, 3.8) is 0 Å². The van der Waals surface area contributed by atoms with Crippen molar-refractivity contribution in [2.75, 3.05) is 51.9 Å². The standard InChI is InChI=1S/C24H25ClN4O5/c1-32-24(31)23-22(17-11-16(25)3-4-18(17)26-23)27-21(30)13-29-8-6-28(7-9-29)12-15-2-5-19-20(10-15)34-14-33-19/h2-5,10-11,26H,6-9,12-14H2,1H3,(H,27,30). The molecule has 2 aromatic carbocycles. The van der Waals surface area contributed by atoms with E-state index in [0.29, 0.717) is 21.6 Å². The molecule has 34 heavy (non-hydrogen) atoms. The predicted octanol–water partition coefficient (Wildman–Crippen LogP) is 3.09. The van der Waals surface area contributed by atoms with Gasteiger partial charge in [0.2, 0.25) is 12.7 Å². The predicted molar refractivity (Wildman–Crippen MR) is 128 cm³/mol. The highest BCUT2D eigenvalue weighted by Crippen LogP contribution is 2.33. The molecule has 2 aliphatic rings. The number of carbonyl (C=O) groups excluding carboxylic acids is 2. The molecule has 10 heteroatoms. The molecule has 178 valence electrons. The molecule has 0 bridgehead atoms. The Labute approximate surface area is 201 Å². The van der Waals surface area contributed by atoms with Crippen molar-refractivity contribution in [1.82, 2.24) is 14.8 Å². The van der Waals surface area contributed by atoms with E-state index in [1.54, 1.807) is 18.2 Å². The van der Waals surface area contributed by atoms with Gasteiger partial charge in [0.15, 0.2) is 11.5 Å². The third kappa shape index (κ3) is 4.68. The van der Waals surface area contributed by atoms with Gasteiger partial charge in [0.25, 0.3) is 0 Å². The van der Waals surface area contributed by atoms with Crippen LogP contribution in [0.4, 0.5) is 5.69 Å². The molecular formula is C24H25ClN4O5. The zero-order valence-corrected chi connectivity index (χ0v) is 19.5. The molecule has 2 N–H and O–H groups in total. The van der Waals surface area contributed by atoms with Crippen LogP contribution >= 0.6 is 11.6 Å². The van der Waals surface area contributed by atoms with Crippen LogP contribution in [0.25, 0.3) is 10.9 Å². The van der Waals surface area contributed by atoms with Crippen molar-refractivity contribution in [3.8, 4) is 11.5 Å². The normalized spacial score (nSPS) is 16.1. The number of nitrogens with zero attached hydrogens (tertiary/aromatic N) is 2. The first-order valence-electron chi connectivity index (χ1n) is 11.0. The van der Waals surface area contributed by atoms with Crippen LogP contribution in [0.5, 0.6) is 11.5 Å². The van der Waals surface area contributed by atoms with Crippen LogP contribution in [-0.2, 0) is 16.1 Å². The van der Waals surface area contributed by atoms with Crippen molar-refractivity contribution in [3.05, 3.63) is 52.7 Å². The molecular weight excluding hydrogens is 460 g/mol. The number of benzene rings is 2. The maximum atomic E-state index is 12.9. The number of rotatable bonds is 6. The van der Waals surface area contributed by atoms with Crippen LogP contribution in [0.3, 0.4) is 0 Å². The number of hydrogen-bond acceptors (Lipinski definition) is 7. The first kappa shape index (κ1) is 22.5. The Morgan fingerprint density at radius 1 is 1.06 bits per heavy atom. The lowest BCUT2D eigenvalue weighted by atomic mass is 10.1. The van der Waals surface area contributed by atoms with Gasteiger partial charge in [-0.2, -0.15) is 0 Å². The SMILES string of the molecule is COC(=O)c1[nH]c2ccc(Cl)cc2c1NC(=O)CN1CCN(Cc2ccc3c(c2)OCO3)CC1. The lowest BCUT2D eigenvalue weighted by molar-refractivity contribution is -0.117. The average molecular weight is 485 g/mol. The molecule has 1 amide bonds. The van der Waals surface area contributed by atoms with E-state index >= 15 is 0 Å². The highest BCUT2D eigenvalue weighted by molar-refractivity contribution is 6.31. The summed E-state index contributed by atoms with van der Waals surface area (Å²) in [5.41, 5.74) is 2.44. The van der Waals surface area contributed by atoms with E-state index in [1.165, 1.54) is 12.7 Å². The summed E-state index contributed by atoms with van der Waals surface area (Å²) in [5, 5.41) is 4.06. The quantitative estimate of drug-likeness (QED) is 0.519. The largest absolute Gasteiger partial charge is 0.464 e. The fraction of sp³-hybridized carbons (Fsp3) is 0.333. The van der Waals surface area contributed by atoms with E-state index in [9.17, 15) is 9.59 Å². The van der Waals surface area contributed by atoms with E-state index in [-0.39, 0.29) is 24.9 Å². The highest BCUT2D eigenvalue weighted by Gasteiger charge is 2.24. The van der Waals surface area contributed by atoms with Crippen LogP contribution < -0.4 is 14.8 Å². The number of nitrogens with one attached hydrogen (secondary N) is 2. The van der Waals surface area contributed by atoms with E-state index < -0.39 is 5.97 Å². The first-order chi connectivity index (χ1) is 16.5. The van der Waals surface area contributed by atoms with Crippen molar-refractivity contribution in [1.29, 1.82) is 0 Å². The Bertz CT molecular complexity index is 1240. The smallest absolute Gasteiger partial charge is 0.356 e. The van der Waals surface area contributed by atoms with E-state index in [4.69, 9.17) is 25.8 Å². The van der Waals surface area contributed by atoms with Crippen LogP contribution in [-0.4, -0.2) is 73.3 Å². The number of anilines is 1. The van der Waals surface area contributed by atoms with E-state index in [1.807, 2.05) is 12.1 Å². The van der Waals surface area contributed by atoms with Crippen LogP contribution in [0.15, 0.2) is 36.4 Å². The van der Waals surface area contributed by atoms with Gasteiger partial charge in [-0.1, -0.05) is 17.7 Å². The van der Waals surface area contributed by atoms with Crippen LogP contribution in [0, 0.1) is 0 Å². The molecule has 1 saturated heterocycles. The molecule has 2 aliphatic heterocycles. The first-order valence-corrected chi connectivity index (χ1v) is 11.4. The van der Waals surface area contributed by atoms with Crippen molar-refractivity contribution >= 4 is 40.1 Å². The second kappa shape index (κ2) is 9.54. The molecule has 9 nitrogen and oxygen atoms in total. The summed E-state index contributed by atoms with van der Waals surface area (Å²) in [7, 11) is 1.30. The van der Waals surface area contributed by atoms with Gasteiger partial charge in [-0.3, -0.25) is 14.6 Å². The zero-order valence-electron chi connectivity index (χ0n) is 18.7. The Hall–Kier alpha value is -3.27. The molecule has 3 heterocycles. The molecule has 0 saturated carbocycles. The summed E-state index contributed by atoms with van der Waals surface area (Å²) in [4.78, 5) is 32.6. The number of halogens is 1. The third-order valence-electron chi connectivity index (χ3n) is 6.09. The number of fused-ring (bicyclic) bond motifs is 2. The molecule has 1 aromatic heterocycles. The Kier molecular flexibility index (Phi) is 6.32. The number of H-pyrrole nitrogens is 1. The van der Waals surface area contributed by atoms with Crippen molar-refractivity contribution < 1.29 is 23.8 Å². The molecule has 0 aliphatic carbocycles. The molecule has 3 aromatic rings. The maximum absolute atomic E-state index is 12.9. The number of ether oxygens (including phenoxy) is 3. The number of esters is 1. The maximum Gasteiger partial charge on any atom is 0.356 e. The molecule has 5 rings (SSSR count). The summed E-state index contributed by atoms with van der Waals surface area (Å²) in [5.74, 6) is 0.820. The number of amides is 1. The number of aromatic nitrogens is 1. The Balaban J connectivity index is 1.19. The number of carbonyl (C=O) groups is 2. The van der Waals surface area contributed by atoms with E-state index in [2.05, 4.69) is 26.2 Å². The highest BCUT2D eigenvalue weighted by atomic mass is 35.5. The molecule has 0 atom stereocenters. The fourth-order valence-corrected chi connectivity index (χ4v) is 4.51. The molecule has 1 fully saturated rings. The van der Waals surface area contributed by atoms with Crippen LogP contribution in [0.1, 0.15) is 16.1 Å². The van der Waals surface area contributed by atoms with Gasteiger partial charge in [-0.15, -0.1) is 0 Å².